The van der Waals surface area contributed by atoms with E-state index in [1.807, 2.05) is 32.0 Å². The first kappa shape index (κ1) is 15.4. The topological polar surface area (TPSA) is 46.2 Å². The summed E-state index contributed by atoms with van der Waals surface area (Å²) in [5.74, 6) is -0.0285. The Morgan fingerprint density at radius 1 is 1.16 bits per heavy atom. The summed E-state index contributed by atoms with van der Waals surface area (Å²) in [6.45, 7) is 5.82. The maximum Gasteiger partial charge on any atom is 0.251 e. The standard InChI is InChI=1S/C16H23NO2/c1-4-9-14(12(3)15(18)5-2)17-16(19)13-10-7-6-8-11-13/h6-8,10-12,14H,4-5,9H2,1-3H3,(H,17,19). The molecule has 2 unspecified atom stereocenters. The summed E-state index contributed by atoms with van der Waals surface area (Å²) in [4.78, 5) is 23.9. The first-order valence-electron chi connectivity index (χ1n) is 6.98. The third-order valence-corrected chi connectivity index (χ3v) is 3.41. The number of nitrogens with one attached hydrogen (secondary N) is 1. The summed E-state index contributed by atoms with van der Waals surface area (Å²) in [7, 11) is 0. The van der Waals surface area contributed by atoms with Crippen LogP contribution >= 0.6 is 0 Å². The molecule has 0 fully saturated rings. The summed E-state index contributed by atoms with van der Waals surface area (Å²) >= 11 is 0. The van der Waals surface area contributed by atoms with Gasteiger partial charge in [-0.2, -0.15) is 0 Å². The van der Waals surface area contributed by atoms with Gasteiger partial charge in [-0.05, 0) is 18.6 Å². The average Bonchev–Trinajstić information content (AvgIpc) is 2.46. The molecule has 2 atom stereocenters. The van der Waals surface area contributed by atoms with E-state index in [1.54, 1.807) is 12.1 Å². The number of hydrogen-bond acceptors (Lipinski definition) is 2. The van der Waals surface area contributed by atoms with Gasteiger partial charge in [-0.1, -0.05) is 45.4 Å². The zero-order valence-corrected chi connectivity index (χ0v) is 12.0. The molecule has 104 valence electrons. The van der Waals surface area contributed by atoms with Crippen LogP contribution in [0.15, 0.2) is 30.3 Å². The van der Waals surface area contributed by atoms with Crippen molar-refractivity contribution in [1.29, 1.82) is 0 Å². The van der Waals surface area contributed by atoms with Gasteiger partial charge in [0.15, 0.2) is 0 Å². The van der Waals surface area contributed by atoms with Crippen molar-refractivity contribution in [1.82, 2.24) is 5.32 Å². The van der Waals surface area contributed by atoms with Crippen LogP contribution in [0.5, 0.6) is 0 Å². The van der Waals surface area contributed by atoms with E-state index in [0.717, 1.165) is 12.8 Å². The lowest BCUT2D eigenvalue weighted by atomic mass is 9.92. The Balaban J connectivity index is 2.73. The first-order chi connectivity index (χ1) is 9.10. The van der Waals surface area contributed by atoms with Crippen molar-refractivity contribution in [2.24, 2.45) is 5.92 Å². The minimum atomic E-state index is -0.127. The largest absolute Gasteiger partial charge is 0.349 e. The van der Waals surface area contributed by atoms with Gasteiger partial charge in [-0.3, -0.25) is 9.59 Å². The lowest BCUT2D eigenvalue weighted by Gasteiger charge is -2.23. The van der Waals surface area contributed by atoms with Gasteiger partial charge in [0.1, 0.15) is 5.78 Å². The molecule has 0 aliphatic carbocycles. The van der Waals surface area contributed by atoms with Crippen LogP contribution in [0.4, 0.5) is 0 Å². The molecule has 3 nitrogen and oxygen atoms in total. The Bertz CT molecular complexity index is 414. The number of Topliss-reactive ketones (excluding diaryl/α,β-unsaturated/α-hetero) is 1. The predicted molar refractivity (Wildman–Crippen MR) is 77.1 cm³/mol. The molecule has 0 aliphatic rings. The maximum atomic E-state index is 12.1. The minimum absolute atomic E-state index is 0.0786. The summed E-state index contributed by atoms with van der Waals surface area (Å²) in [6.07, 6.45) is 2.29. The first-order valence-corrected chi connectivity index (χ1v) is 6.98. The fourth-order valence-electron chi connectivity index (χ4n) is 2.15. The smallest absolute Gasteiger partial charge is 0.251 e. The van der Waals surface area contributed by atoms with E-state index in [1.165, 1.54) is 0 Å². The van der Waals surface area contributed by atoms with Crippen LogP contribution in [0, 0.1) is 5.92 Å². The summed E-state index contributed by atoms with van der Waals surface area (Å²) in [5.41, 5.74) is 0.639. The van der Waals surface area contributed by atoms with Crippen molar-refractivity contribution in [3.63, 3.8) is 0 Å². The highest BCUT2D eigenvalue weighted by Crippen LogP contribution is 2.13. The van der Waals surface area contributed by atoms with E-state index < -0.39 is 0 Å². The quantitative estimate of drug-likeness (QED) is 0.819. The van der Waals surface area contributed by atoms with Crippen molar-refractivity contribution in [2.75, 3.05) is 0 Å². The van der Waals surface area contributed by atoms with Crippen molar-refractivity contribution >= 4 is 11.7 Å². The average molecular weight is 261 g/mol. The third kappa shape index (κ3) is 4.51. The molecule has 0 spiro atoms. The lowest BCUT2D eigenvalue weighted by molar-refractivity contribution is -0.122. The summed E-state index contributed by atoms with van der Waals surface area (Å²) < 4.78 is 0. The highest BCUT2D eigenvalue weighted by Gasteiger charge is 2.23. The van der Waals surface area contributed by atoms with E-state index in [4.69, 9.17) is 0 Å². The number of carbonyl (C=O) groups is 2. The SMILES string of the molecule is CCCC(NC(=O)c1ccccc1)C(C)C(=O)CC. The van der Waals surface area contributed by atoms with Gasteiger partial charge in [0, 0.05) is 23.9 Å². The van der Waals surface area contributed by atoms with Crippen LogP contribution < -0.4 is 5.32 Å². The van der Waals surface area contributed by atoms with Crippen molar-refractivity contribution < 1.29 is 9.59 Å². The Morgan fingerprint density at radius 3 is 2.32 bits per heavy atom. The highest BCUT2D eigenvalue weighted by molar-refractivity contribution is 5.94. The van der Waals surface area contributed by atoms with E-state index in [2.05, 4.69) is 12.2 Å². The van der Waals surface area contributed by atoms with Crippen LogP contribution in [-0.4, -0.2) is 17.7 Å². The molecule has 0 heterocycles. The van der Waals surface area contributed by atoms with Gasteiger partial charge in [0.25, 0.3) is 5.91 Å². The molecule has 0 radical (unpaired) electrons. The van der Waals surface area contributed by atoms with Gasteiger partial charge < -0.3 is 5.32 Å². The van der Waals surface area contributed by atoms with Crippen LogP contribution in [0.25, 0.3) is 0 Å². The highest BCUT2D eigenvalue weighted by atomic mass is 16.2. The number of amides is 1. The van der Waals surface area contributed by atoms with E-state index in [-0.39, 0.29) is 23.7 Å². The molecule has 1 aromatic rings. The van der Waals surface area contributed by atoms with Crippen molar-refractivity contribution in [3.8, 4) is 0 Å². The molecule has 0 aromatic heterocycles. The van der Waals surface area contributed by atoms with Crippen molar-refractivity contribution in [2.45, 2.75) is 46.1 Å². The monoisotopic (exact) mass is 261 g/mol. The molecular formula is C16H23NO2. The maximum absolute atomic E-state index is 12.1. The lowest BCUT2D eigenvalue weighted by Crippen LogP contribution is -2.42. The molecule has 3 heteroatoms. The molecule has 1 N–H and O–H groups in total. The summed E-state index contributed by atoms with van der Waals surface area (Å²) in [5, 5.41) is 2.99. The van der Waals surface area contributed by atoms with Crippen LogP contribution in [0.3, 0.4) is 0 Å². The second-order valence-corrected chi connectivity index (χ2v) is 4.84. The molecule has 1 aromatic carbocycles. The molecule has 0 saturated carbocycles. The second-order valence-electron chi connectivity index (χ2n) is 4.84. The predicted octanol–water partition coefficient (Wildman–Crippen LogP) is 3.20. The summed E-state index contributed by atoms with van der Waals surface area (Å²) in [6, 6.07) is 9.04. The fraction of sp³-hybridized carbons (Fsp3) is 0.500. The van der Waals surface area contributed by atoms with E-state index in [0.29, 0.717) is 12.0 Å². The molecule has 19 heavy (non-hydrogen) atoms. The third-order valence-electron chi connectivity index (χ3n) is 3.41. The molecule has 1 amide bonds. The minimum Gasteiger partial charge on any atom is -0.349 e. The van der Waals surface area contributed by atoms with Crippen LogP contribution in [-0.2, 0) is 4.79 Å². The number of benzene rings is 1. The Hall–Kier alpha value is -1.64. The Morgan fingerprint density at radius 2 is 1.79 bits per heavy atom. The number of rotatable bonds is 7. The normalized spacial score (nSPS) is 13.6. The Kier molecular flexibility index (Phi) is 6.26. The molecule has 0 aliphatic heterocycles. The van der Waals surface area contributed by atoms with Crippen LogP contribution in [0.2, 0.25) is 0 Å². The fourth-order valence-corrected chi connectivity index (χ4v) is 2.15. The van der Waals surface area contributed by atoms with Gasteiger partial charge in [-0.25, -0.2) is 0 Å². The number of carbonyl (C=O) groups excluding carboxylic acids is 2. The number of ketones is 1. The molecule has 0 bridgehead atoms. The van der Waals surface area contributed by atoms with Gasteiger partial charge in [0.05, 0.1) is 0 Å². The Labute approximate surface area is 115 Å². The van der Waals surface area contributed by atoms with Gasteiger partial charge in [0.2, 0.25) is 0 Å². The van der Waals surface area contributed by atoms with E-state index >= 15 is 0 Å². The van der Waals surface area contributed by atoms with Gasteiger partial charge >= 0.3 is 0 Å². The number of hydrogen-bond donors (Lipinski definition) is 1. The molecule has 1 rings (SSSR count). The van der Waals surface area contributed by atoms with Crippen LogP contribution in [0.1, 0.15) is 50.4 Å². The second kappa shape index (κ2) is 7.72. The molecular weight excluding hydrogens is 238 g/mol. The van der Waals surface area contributed by atoms with Crippen molar-refractivity contribution in [3.05, 3.63) is 35.9 Å². The zero-order chi connectivity index (χ0) is 14.3. The zero-order valence-electron chi connectivity index (χ0n) is 12.0. The van der Waals surface area contributed by atoms with E-state index in [9.17, 15) is 9.59 Å². The molecule has 0 saturated heterocycles. The van der Waals surface area contributed by atoms with Gasteiger partial charge in [-0.15, -0.1) is 0 Å².